The van der Waals surface area contributed by atoms with Gasteiger partial charge in [-0.25, -0.2) is 10.1 Å². The van der Waals surface area contributed by atoms with Crippen molar-refractivity contribution in [2.45, 2.75) is 0 Å². The van der Waals surface area contributed by atoms with Gasteiger partial charge in [0.1, 0.15) is 12.2 Å². The molecule has 0 amide bonds. The molecule has 6 heteroatoms. The first-order valence-corrected chi connectivity index (χ1v) is 7.75. The van der Waals surface area contributed by atoms with E-state index < -0.39 is 5.03 Å². The smallest absolute Gasteiger partial charge is 0.197 e. The van der Waals surface area contributed by atoms with Crippen LogP contribution in [0.5, 0.6) is 0 Å². The number of fused-ring (bicyclic) bond motifs is 2. The van der Waals surface area contributed by atoms with Crippen LogP contribution < -0.4 is 10.4 Å². The molecule has 0 bridgehead atoms. The minimum atomic E-state index is -0.480. The van der Waals surface area contributed by atoms with Crippen molar-refractivity contribution in [3.8, 4) is 0 Å². The van der Waals surface area contributed by atoms with Crippen molar-refractivity contribution in [1.29, 1.82) is 0 Å². The molecular formula is C19H13N3O3. The second-order valence-corrected chi connectivity index (χ2v) is 5.73. The van der Waals surface area contributed by atoms with Gasteiger partial charge >= 0.3 is 0 Å². The first kappa shape index (κ1) is 15.0. The highest BCUT2D eigenvalue weighted by atomic mass is 16.7. The van der Waals surface area contributed by atoms with Gasteiger partial charge in [0.2, 0.25) is 0 Å². The average molecular weight is 331 g/mol. The summed E-state index contributed by atoms with van der Waals surface area (Å²) in [5, 5.41) is 12.6. The molecule has 2 heterocycles. The summed E-state index contributed by atoms with van der Waals surface area (Å²) in [6, 6.07) is 16.0. The van der Waals surface area contributed by atoms with Gasteiger partial charge in [-0.2, -0.15) is 0 Å². The molecule has 0 unspecified atom stereocenters. The summed E-state index contributed by atoms with van der Waals surface area (Å²) >= 11 is 0. The monoisotopic (exact) mass is 331 g/mol. The first-order chi connectivity index (χ1) is 12.1. The fourth-order valence-electron chi connectivity index (χ4n) is 3.05. The number of hydrogen-bond donors (Lipinski definition) is 0. The molecule has 2 aromatic carbocycles. The predicted molar refractivity (Wildman–Crippen MR) is 96.7 cm³/mol. The van der Waals surface area contributed by atoms with E-state index in [1.807, 2.05) is 30.3 Å². The lowest BCUT2D eigenvalue weighted by Crippen LogP contribution is -2.34. The Morgan fingerprint density at radius 3 is 2.60 bits per heavy atom. The molecule has 4 rings (SSSR count). The summed E-state index contributed by atoms with van der Waals surface area (Å²) in [5.74, 6) is 0. The number of nitrogens with zero attached hydrogens (tertiary/aromatic N) is 3. The van der Waals surface area contributed by atoms with Crippen LogP contribution in [0.15, 0.2) is 65.6 Å². The Kier molecular flexibility index (Phi) is 3.50. The van der Waals surface area contributed by atoms with Crippen molar-refractivity contribution < 1.29 is 5.03 Å². The zero-order valence-electron chi connectivity index (χ0n) is 13.1. The van der Waals surface area contributed by atoms with E-state index in [-0.39, 0.29) is 17.7 Å². The van der Waals surface area contributed by atoms with E-state index in [9.17, 15) is 14.9 Å². The zero-order valence-corrected chi connectivity index (χ0v) is 13.1. The highest BCUT2D eigenvalue weighted by Crippen LogP contribution is 2.31. The molecule has 6 nitrogen and oxygen atoms in total. The van der Waals surface area contributed by atoms with Crippen molar-refractivity contribution >= 4 is 28.2 Å². The molecular weight excluding hydrogens is 318 g/mol. The summed E-state index contributed by atoms with van der Waals surface area (Å²) < 4.78 is 0. The maximum absolute atomic E-state index is 13.0. The number of rotatable bonds is 2. The molecule has 1 aromatic heterocycles. The molecule has 3 aromatic rings. The summed E-state index contributed by atoms with van der Waals surface area (Å²) in [6.45, 7) is 0.0945. The fourth-order valence-corrected chi connectivity index (χ4v) is 3.05. The van der Waals surface area contributed by atoms with Gasteiger partial charge in [-0.15, -0.1) is 0 Å². The average Bonchev–Trinajstić information content (AvgIpc) is 2.79. The molecule has 0 atom stereocenters. The van der Waals surface area contributed by atoms with Gasteiger partial charge in [-0.05, 0) is 41.5 Å². The molecule has 1 aliphatic heterocycles. The van der Waals surface area contributed by atoms with Crippen molar-refractivity contribution in [2.24, 2.45) is 0 Å². The Morgan fingerprint density at radius 1 is 1.04 bits per heavy atom. The lowest BCUT2D eigenvalue weighted by molar-refractivity contribution is -0.493. The van der Waals surface area contributed by atoms with E-state index in [1.54, 1.807) is 36.5 Å². The number of hydrazine groups is 1. The van der Waals surface area contributed by atoms with E-state index in [0.717, 1.165) is 16.1 Å². The normalized spacial score (nSPS) is 13.3. The van der Waals surface area contributed by atoms with Crippen LogP contribution >= 0.6 is 0 Å². The molecule has 0 saturated carbocycles. The predicted octanol–water partition coefficient (Wildman–Crippen LogP) is 3.15. The van der Waals surface area contributed by atoms with Gasteiger partial charge in [0.25, 0.3) is 0 Å². The zero-order chi connectivity index (χ0) is 17.4. The Bertz CT molecular complexity index is 1080. The first-order valence-electron chi connectivity index (χ1n) is 7.75. The van der Waals surface area contributed by atoms with Crippen molar-refractivity contribution in [2.75, 3.05) is 11.6 Å². The molecule has 0 N–H and O–H groups in total. The number of hydrogen-bond acceptors (Lipinski definition) is 4. The summed E-state index contributed by atoms with van der Waals surface area (Å²) in [5.41, 5.74) is 2.43. The lowest BCUT2D eigenvalue weighted by Gasteiger charge is -2.21. The van der Waals surface area contributed by atoms with Crippen LogP contribution in [0, 0.1) is 10.1 Å². The molecule has 25 heavy (non-hydrogen) atoms. The third-order valence-corrected chi connectivity index (χ3v) is 4.26. The lowest BCUT2D eigenvalue weighted by atomic mass is 9.99. The van der Waals surface area contributed by atoms with E-state index in [1.165, 1.54) is 0 Å². The maximum atomic E-state index is 13.0. The van der Waals surface area contributed by atoms with Gasteiger partial charge in [0.05, 0.1) is 11.1 Å². The fraction of sp³-hybridized carbons (Fsp3) is 0.0526. The van der Waals surface area contributed by atoms with Crippen LogP contribution in [0.25, 0.3) is 22.6 Å². The van der Waals surface area contributed by atoms with E-state index in [2.05, 4.69) is 4.98 Å². The topological polar surface area (TPSA) is 76.3 Å². The van der Waals surface area contributed by atoms with E-state index in [4.69, 9.17) is 0 Å². The Balaban J connectivity index is 2.05. The third-order valence-electron chi connectivity index (χ3n) is 4.26. The van der Waals surface area contributed by atoms with Crippen LogP contribution in [0.3, 0.4) is 0 Å². The largest absolute Gasteiger partial charge is 0.288 e. The summed E-state index contributed by atoms with van der Waals surface area (Å²) in [7, 11) is 0. The Morgan fingerprint density at radius 2 is 1.84 bits per heavy atom. The van der Waals surface area contributed by atoms with Crippen LogP contribution in [-0.4, -0.2) is 16.6 Å². The van der Waals surface area contributed by atoms with Crippen LogP contribution in [-0.2, 0) is 0 Å². The number of benzene rings is 1. The van der Waals surface area contributed by atoms with E-state index in [0.29, 0.717) is 16.5 Å². The molecule has 0 saturated heterocycles. The molecule has 0 aliphatic carbocycles. The highest BCUT2D eigenvalue weighted by Gasteiger charge is 2.28. The van der Waals surface area contributed by atoms with Crippen molar-refractivity contribution in [3.63, 3.8) is 0 Å². The van der Waals surface area contributed by atoms with Gasteiger partial charge in [0.15, 0.2) is 10.5 Å². The Labute approximate surface area is 142 Å². The van der Waals surface area contributed by atoms with Gasteiger partial charge in [-0.3, -0.25) is 9.78 Å². The van der Waals surface area contributed by atoms with Crippen LogP contribution in [0.1, 0.15) is 11.1 Å². The maximum Gasteiger partial charge on any atom is 0.197 e. The van der Waals surface area contributed by atoms with Gasteiger partial charge in [0, 0.05) is 11.6 Å². The molecule has 0 spiro atoms. The highest BCUT2D eigenvalue weighted by molar-refractivity contribution is 5.93. The molecule has 122 valence electrons. The Hall–Kier alpha value is -3.54. The summed E-state index contributed by atoms with van der Waals surface area (Å²) in [4.78, 5) is 28.8. The third kappa shape index (κ3) is 2.53. The number of pyridine rings is 1. The van der Waals surface area contributed by atoms with Gasteiger partial charge < -0.3 is 0 Å². The van der Waals surface area contributed by atoms with Gasteiger partial charge in [-0.1, -0.05) is 35.3 Å². The summed E-state index contributed by atoms with van der Waals surface area (Å²) in [6.07, 6.45) is 3.34. The van der Waals surface area contributed by atoms with Crippen molar-refractivity contribution in [1.82, 2.24) is 4.98 Å². The quantitative estimate of drug-likeness (QED) is 0.532. The second-order valence-electron chi connectivity index (χ2n) is 5.73. The minimum absolute atomic E-state index is 0.0945. The standard InChI is InChI=1S/C19H13N3O3/c23-19-15-7-4-10-20-17(15)8-9-18-16(19)11-14(12-21(18)22(24)25)13-5-2-1-3-6-13/h1-11H,12H2. The molecule has 0 radical (unpaired) electrons. The van der Waals surface area contributed by atoms with E-state index >= 15 is 0 Å². The number of nitro groups is 1. The number of aromatic nitrogens is 1. The van der Waals surface area contributed by atoms with Crippen LogP contribution in [0.2, 0.25) is 0 Å². The SMILES string of the molecule is O=c1c2c(ccc3ncccc13)N([N+](=O)[O-])CC(c1ccccc1)=C2. The number of anilines is 1. The minimum Gasteiger partial charge on any atom is -0.288 e. The molecule has 1 aliphatic rings. The van der Waals surface area contributed by atoms with Crippen molar-refractivity contribution in [3.05, 3.63) is 92.3 Å². The molecule has 0 fully saturated rings. The van der Waals surface area contributed by atoms with Crippen LogP contribution in [0.4, 0.5) is 5.69 Å². The second kappa shape index (κ2) is 5.83.